The molecular formula is C17H21ClN2O3. The van der Waals surface area contributed by atoms with Gasteiger partial charge in [-0.15, -0.1) is 12.4 Å². The maximum Gasteiger partial charge on any atom is 0.262 e. The molecule has 0 bridgehead atoms. The third-order valence-corrected chi connectivity index (χ3v) is 3.03. The van der Waals surface area contributed by atoms with Crippen LogP contribution in [0.25, 0.3) is 0 Å². The van der Waals surface area contributed by atoms with E-state index in [1.807, 2.05) is 49.5 Å². The molecule has 0 aliphatic rings. The highest BCUT2D eigenvalue weighted by Gasteiger charge is 2.08. The number of amides is 1. The molecule has 0 heterocycles. The minimum Gasteiger partial charge on any atom is -0.493 e. The molecule has 0 saturated carbocycles. The predicted octanol–water partition coefficient (Wildman–Crippen LogP) is 2.85. The molecule has 0 aromatic heterocycles. The number of anilines is 1. The van der Waals surface area contributed by atoms with Gasteiger partial charge in [0, 0.05) is 12.2 Å². The molecule has 0 aliphatic carbocycles. The van der Waals surface area contributed by atoms with Gasteiger partial charge in [-0.2, -0.15) is 0 Å². The summed E-state index contributed by atoms with van der Waals surface area (Å²) in [5, 5.41) is 5.84. The van der Waals surface area contributed by atoms with Crippen molar-refractivity contribution in [3.05, 3.63) is 54.1 Å². The Balaban J connectivity index is 0.00000264. The van der Waals surface area contributed by atoms with Crippen LogP contribution in [0.5, 0.6) is 11.5 Å². The van der Waals surface area contributed by atoms with Crippen molar-refractivity contribution in [2.45, 2.75) is 6.54 Å². The zero-order valence-corrected chi connectivity index (χ0v) is 14.0. The van der Waals surface area contributed by atoms with Crippen molar-refractivity contribution in [2.75, 3.05) is 26.1 Å². The Morgan fingerprint density at radius 2 is 1.83 bits per heavy atom. The summed E-state index contributed by atoms with van der Waals surface area (Å²) >= 11 is 0. The number of hydrogen-bond donors (Lipinski definition) is 2. The fourth-order valence-corrected chi connectivity index (χ4v) is 2.01. The van der Waals surface area contributed by atoms with Gasteiger partial charge in [0.2, 0.25) is 0 Å². The molecule has 0 atom stereocenters. The van der Waals surface area contributed by atoms with Crippen molar-refractivity contribution in [3.63, 3.8) is 0 Å². The van der Waals surface area contributed by atoms with Crippen molar-refractivity contribution in [3.8, 4) is 11.5 Å². The maximum absolute atomic E-state index is 11.9. The molecule has 0 saturated heterocycles. The van der Waals surface area contributed by atoms with Crippen LogP contribution in [-0.2, 0) is 11.3 Å². The minimum atomic E-state index is -0.215. The van der Waals surface area contributed by atoms with Crippen molar-refractivity contribution < 1.29 is 14.3 Å². The number of rotatable bonds is 7. The van der Waals surface area contributed by atoms with Crippen LogP contribution in [0.3, 0.4) is 0 Å². The van der Waals surface area contributed by atoms with E-state index in [0.717, 1.165) is 17.8 Å². The Hall–Kier alpha value is -2.24. The van der Waals surface area contributed by atoms with Crippen molar-refractivity contribution in [2.24, 2.45) is 0 Å². The van der Waals surface area contributed by atoms with Gasteiger partial charge in [-0.05, 0) is 36.9 Å². The SMILES string of the molecule is CNCc1ccc(OCC(=O)Nc2ccccc2)c(OC)c1.Cl. The molecule has 0 unspecified atom stereocenters. The van der Waals surface area contributed by atoms with E-state index in [1.165, 1.54) is 0 Å². The lowest BCUT2D eigenvalue weighted by atomic mass is 10.2. The molecular weight excluding hydrogens is 316 g/mol. The summed E-state index contributed by atoms with van der Waals surface area (Å²) in [6.45, 7) is 0.668. The third kappa shape index (κ3) is 5.81. The van der Waals surface area contributed by atoms with Crippen molar-refractivity contribution >= 4 is 24.0 Å². The lowest BCUT2D eigenvalue weighted by molar-refractivity contribution is -0.118. The molecule has 124 valence electrons. The third-order valence-electron chi connectivity index (χ3n) is 3.03. The first-order valence-electron chi connectivity index (χ1n) is 7.02. The van der Waals surface area contributed by atoms with Crippen LogP contribution in [-0.4, -0.2) is 26.7 Å². The quantitative estimate of drug-likeness (QED) is 0.816. The second kappa shape index (κ2) is 9.71. The van der Waals surface area contributed by atoms with Crippen LogP contribution in [0.4, 0.5) is 5.69 Å². The van der Waals surface area contributed by atoms with E-state index >= 15 is 0 Å². The maximum atomic E-state index is 11.9. The Bertz CT molecular complexity index is 620. The Morgan fingerprint density at radius 3 is 2.48 bits per heavy atom. The van der Waals surface area contributed by atoms with Gasteiger partial charge < -0.3 is 20.1 Å². The zero-order valence-electron chi connectivity index (χ0n) is 13.2. The smallest absolute Gasteiger partial charge is 0.262 e. The number of hydrogen-bond acceptors (Lipinski definition) is 4. The summed E-state index contributed by atoms with van der Waals surface area (Å²) in [4.78, 5) is 11.9. The fourth-order valence-electron chi connectivity index (χ4n) is 2.01. The normalized spacial score (nSPS) is 9.65. The number of halogens is 1. The van der Waals surface area contributed by atoms with Crippen LogP contribution in [0.15, 0.2) is 48.5 Å². The molecule has 2 rings (SSSR count). The molecule has 5 nitrogen and oxygen atoms in total. The number of methoxy groups -OCH3 is 1. The zero-order chi connectivity index (χ0) is 15.8. The molecule has 6 heteroatoms. The topological polar surface area (TPSA) is 59.6 Å². The first-order valence-corrected chi connectivity index (χ1v) is 7.02. The highest BCUT2D eigenvalue weighted by Crippen LogP contribution is 2.28. The number of nitrogens with one attached hydrogen (secondary N) is 2. The number of carbonyl (C=O) groups excluding carboxylic acids is 1. The Kier molecular flexibility index (Phi) is 7.94. The molecule has 1 amide bonds. The molecule has 0 fully saturated rings. The highest BCUT2D eigenvalue weighted by atomic mass is 35.5. The summed E-state index contributed by atoms with van der Waals surface area (Å²) in [6.07, 6.45) is 0. The molecule has 0 radical (unpaired) electrons. The average Bonchev–Trinajstić information content (AvgIpc) is 2.54. The average molecular weight is 337 g/mol. The van der Waals surface area contributed by atoms with Crippen LogP contribution >= 0.6 is 12.4 Å². The fraction of sp³-hybridized carbons (Fsp3) is 0.235. The Morgan fingerprint density at radius 1 is 1.09 bits per heavy atom. The van der Waals surface area contributed by atoms with E-state index in [2.05, 4.69) is 10.6 Å². The number of para-hydroxylation sites is 1. The highest BCUT2D eigenvalue weighted by molar-refractivity contribution is 5.91. The van der Waals surface area contributed by atoms with E-state index in [-0.39, 0.29) is 24.9 Å². The number of carbonyl (C=O) groups is 1. The summed E-state index contributed by atoms with van der Waals surface area (Å²) in [6, 6.07) is 14.9. The van der Waals surface area contributed by atoms with Gasteiger partial charge >= 0.3 is 0 Å². The second-order valence-electron chi connectivity index (χ2n) is 4.72. The van der Waals surface area contributed by atoms with E-state index in [4.69, 9.17) is 9.47 Å². The van der Waals surface area contributed by atoms with Gasteiger partial charge in [-0.1, -0.05) is 24.3 Å². The summed E-state index contributed by atoms with van der Waals surface area (Å²) in [5.74, 6) is 0.943. The van der Waals surface area contributed by atoms with Crippen molar-refractivity contribution in [1.82, 2.24) is 5.32 Å². The van der Waals surface area contributed by atoms with Gasteiger partial charge in [0.05, 0.1) is 7.11 Å². The van der Waals surface area contributed by atoms with Gasteiger partial charge in [-0.3, -0.25) is 4.79 Å². The first kappa shape index (κ1) is 18.8. The van der Waals surface area contributed by atoms with Crippen LogP contribution in [0.2, 0.25) is 0 Å². The molecule has 0 aliphatic heterocycles. The monoisotopic (exact) mass is 336 g/mol. The molecule has 2 aromatic rings. The molecule has 0 spiro atoms. The van der Waals surface area contributed by atoms with Gasteiger partial charge in [0.15, 0.2) is 18.1 Å². The van der Waals surface area contributed by atoms with E-state index in [1.54, 1.807) is 13.2 Å². The standard InChI is InChI=1S/C17H20N2O3.ClH/c1-18-11-13-8-9-15(16(10-13)21-2)22-12-17(20)19-14-6-4-3-5-7-14;/h3-10,18H,11-12H2,1-2H3,(H,19,20);1H. The number of ether oxygens (including phenoxy) is 2. The summed E-state index contributed by atoms with van der Waals surface area (Å²) in [7, 11) is 3.46. The first-order chi connectivity index (χ1) is 10.7. The number of benzene rings is 2. The van der Waals surface area contributed by atoms with Gasteiger partial charge in [-0.25, -0.2) is 0 Å². The molecule has 2 aromatic carbocycles. The lowest BCUT2D eigenvalue weighted by Crippen LogP contribution is -2.20. The largest absolute Gasteiger partial charge is 0.493 e. The summed E-state index contributed by atoms with van der Waals surface area (Å²) in [5.41, 5.74) is 1.83. The van der Waals surface area contributed by atoms with Crippen LogP contribution in [0.1, 0.15) is 5.56 Å². The van der Waals surface area contributed by atoms with Crippen LogP contribution < -0.4 is 20.1 Å². The minimum absolute atomic E-state index is 0. The second-order valence-corrected chi connectivity index (χ2v) is 4.72. The van der Waals surface area contributed by atoms with Crippen LogP contribution in [0, 0.1) is 0 Å². The predicted molar refractivity (Wildman–Crippen MR) is 93.6 cm³/mol. The van der Waals surface area contributed by atoms with E-state index in [0.29, 0.717) is 11.5 Å². The Labute approximate surface area is 142 Å². The molecule has 2 N–H and O–H groups in total. The molecule has 23 heavy (non-hydrogen) atoms. The van der Waals surface area contributed by atoms with E-state index in [9.17, 15) is 4.79 Å². The van der Waals surface area contributed by atoms with Crippen molar-refractivity contribution in [1.29, 1.82) is 0 Å². The van der Waals surface area contributed by atoms with E-state index < -0.39 is 0 Å². The van der Waals surface area contributed by atoms with Gasteiger partial charge in [0.25, 0.3) is 5.91 Å². The lowest BCUT2D eigenvalue weighted by Gasteiger charge is -2.12. The van der Waals surface area contributed by atoms with Gasteiger partial charge in [0.1, 0.15) is 0 Å². The summed E-state index contributed by atoms with van der Waals surface area (Å²) < 4.78 is 10.8.